The lowest BCUT2D eigenvalue weighted by Crippen LogP contribution is -1.98. The van der Waals surface area contributed by atoms with Crippen molar-refractivity contribution in [3.05, 3.63) is 34.1 Å². The highest BCUT2D eigenvalue weighted by Gasteiger charge is 2.02. The highest BCUT2D eigenvalue weighted by Crippen LogP contribution is 2.23. The van der Waals surface area contributed by atoms with Gasteiger partial charge in [-0.2, -0.15) is 0 Å². The molecule has 1 aromatic rings. The van der Waals surface area contributed by atoms with E-state index in [1.54, 1.807) is 13.0 Å². The van der Waals surface area contributed by atoms with Gasteiger partial charge in [-0.1, -0.05) is 23.2 Å². The lowest BCUT2D eigenvalue weighted by Gasteiger charge is -1.99. The molecule has 0 radical (unpaired) electrons. The maximum atomic E-state index is 11.0. The third-order valence-corrected chi connectivity index (χ3v) is 2.34. The molecule has 0 bridgehead atoms. The molecule has 5 heteroatoms. The van der Waals surface area contributed by atoms with Crippen LogP contribution in [0.5, 0.6) is 0 Å². The monoisotopic (exact) mass is 245 g/mol. The average molecular weight is 246 g/mol. The van der Waals surface area contributed by atoms with E-state index in [4.69, 9.17) is 27.9 Å². The number of hydrogen-bond acceptors (Lipinski definition) is 3. The van der Waals surface area contributed by atoms with Gasteiger partial charge in [0.1, 0.15) is 5.15 Å². The standard InChI is InChI=1S/C10H9Cl2NO2/c1-2-15-8(14)4-3-7-5-6-13-10(12)9(7)11/h3-6H,2H2,1H3. The highest BCUT2D eigenvalue weighted by atomic mass is 35.5. The number of esters is 1. The van der Waals surface area contributed by atoms with Crippen LogP contribution >= 0.6 is 23.2 Å². The summed E-state index contributed by atoms with van der Waals surface area (Å²) in [5, 5.41) is 0.530. The molecule has 0 aliphatic carbocycles. The van der Waals surface area contributed by atoms with E-state index in [-0.39, 0.29) is 5.15 Å². The molecule has 15 heavy (non-hydrogen) atoms. The van der Waals surface area contributed by atoms with Crippen LogP contribution in [0, 0.1) is 0 Å². The number of ether oxygens (including phenoxy) is 1. The quantitative estimate of drug-likeness (QED) is 0.467. The smallest absolute Gasteiger partial charge is 0.330 e. The van der Waals surface area contributed by atoms with Crippen LogP contribution in [0.3, 0.4) is 0 Å². The Labute approximate surface area is 97.7 Å². The zero-order chi connectivity index (χ0) is 11.3. The van der Waals surface area contributed by atoms with E-state index in [0.29, 0.717) is 17.2 Å². The fourth-order valence-corrected chi connectivity index (χ4v) is 1.25. The summed E-state index contributed by atoms with van der Waals surface area (Å²) in [7, 11) is 0. The zero-order valence-corrected chi connectivity index (χ0v) is 9.55. The molecule has 1 rings (SSSR count). The van der Waals surface area contributed by atoms with E-state index in [0.717, 1.165) is 0 Å². The molecule has 0 N–H and O–H groups in total. The average Bonchev–Trinajstić information content (AvgIpc) is 2.21. The fourth-order valence-electron chi connectivity index (χ4n) is 0.909. The summed E-state index contributed by atoms with van der Waals surface area (Å²) in [5.74, 6) is -0.415. The maximum absolute atomic E-state index is 11.0. The first kappa shape index (κ1) is 12.0. The number of aromatic nitrogens is 1. The van der Waals surface area contributed by atoms with Gasteiger partial charge in [-0.15, -0.1) is 0 Å². The zero-order valence-electron chi connectivity index (χ0n) is 8.04. The van der Waals surface area contributed by atoms with Gasteiger partial charge < -0.3 is 4.74 Å². The molecule has 0 unspecified atom stereocenters. The first-order chi connectivity index (χ1) is 7.15. The third kappa shape index (κ3) is 3.53. The Morgan fingerprint density at radius 2 is 2.33 bits per heavy atom. The lowest BCUT2D eigenvalue weighted by molar-refractivity contribution is -0.137. The van der Waals surface area contributed by atoms with Crippen molar-refractivity contribution in [2.75, 3.05) is 6.61 Å². The molecule has 3 nitrogen and oxygen atoms in total. The normalized spacial score (nSPS) is 10.6. The summed E-state index contributed by atoms with van der Waals surface area (Å²) in [6.07, 6.45) is 4.34. The predicted molar refractivity (Wildman–Crippen MR) is 59.9 cm³/mol. The van der Waals surface area contributed by atoms with Crippen LogP contribution in [0.25, 0.3) is 6.08 Å². The van der Waals surface area contributed by atoms with E-state index < -0.39 is 5.97 Å². The van der Waals surface area contributed by atoms with Crippen LogP contribution in [0.1, 0.15) is 12.5 Å². The number of hydrogen-bond donors (Lipinski definition) is 0. The van der Waals surface area contributed by atoms with Crippen LogP contribution in [-0.2, 0) is 9.53 Å². The van der Waals surface area contributed by atoms with Gasteiger partial charge in [-0.25, -0.2) is 9.78 Å². The minimum absolute atomic E-state index is 0.211. The van der Waals surface area contributed by atoms with Crippen molar-refractivity contribution in [1.82, 2.24) is 4.98 Å². The van der Waals surface area contributed by atoms with Gasteiger partial charge in [0.15, 0.2) is 0 Å². The molecule has 0 saturated heterocycles. The SMILES string of the molecule is CCOC(=O)C=Cc1ccnc(Cl)c1Cl. The molecule has 80 valence electrons. The summed E-state index contributed by atoms with van der Waals surface area (Å²) in [4.78, 5) is 14.8. The van der Waals surface area contributed by atoms with Crippen molar-refractivity contribution in [3.8, 4) is 0 Å². The second kappa shape index (κ2) is 5.73. The van der Waals surface area contributed by atoms with Crippen LogP contribution in [0.2, 0.25) is 10.2 Å². The van der Waals surface area contributed by atoms with Gasteiger partial charge in [-0.3, -0.25) is 0 Å². The predicted octanol–water partition coefficient (Wildman–Crippen LogP) is 2.96. The Kier molecular flexibility index (Phi) is 4.59. The second-order valence-electron chi connectivity index (χ2n) is 2.59. The first-order valence-electron chi connectivity index (χ1n) is 4.30. The summed E-state index contributed by atoms with van der Waals surface area (Å²) < 4.78 is 4.72. The van der Waals surface area contributed by atoms with E-state index in [9.17, 15) is 4.79 Å². The van der Waals surface area contributed by atoms with Crippen molar-refractivity contribution in [3.63, 3.8) is 0 Å². The minimum Gasteiger partial charge on any atom is -0.463 e. The fraction of sp³-hybridized carbons (Fsp3) is 0.200. The summed E-state index contributed by atoms with van der Waals surface area (Å²) in [5.41, 5.74) is 0.629. The van der Waals surface area contributed by atoms with Crippen molar-refractivity contribution < 1.29 is 9.53 Å². The van der Waals surface area contributed by atoms with Crippen molar-refractivity contribution in [2.45, 2.75) is 6.92 Å². The summed E-state index contributed by atoms with van der Waals surface area (Å²) >= 11 is 11.6. The Morgan fingerprint density at radius 3 is 3.00 bits per heavy atom. The van der Waals surface area contributed by atoms with Crippen molar-refractivity contribution in [1.29, 1.82) is 0 Å². The molecule has 0 aliphatic heterocycles. The Bertz CT molecular complexity index is 391. The molecule has 0 amide bonds. The number of rotatable bonds is 3. The van der Waals surface area contributed by atoms with Crippen LogP contribution in [0.4, 0.5) is 0 Å². The third-order valence-electron chi connectivity index (χ3n) is 1.56. The summed E-state index contributed by atoms with van der Waals surface area (Å²) in [6.45, 7) is 2.08. The van der Waals surface area contributed by atoms with Gasteiger partial charge in [0, 0.05) is 12.3 Å². The Balaban J connectivity index is 2.81. The topological polar surface area (TPSA) is 39.2 Å². The first-order valence-corrected chi connectivity index (χ1v) is 5.05. The number of carbonyl (C=O) groups is 1. The maximum Gasteiger partial charge on any atom is 0.330 e. The molecule has 1 heterocycles. The van der Waals surface area contributed by atoms with Gasteiger partial charge in [0.25, 0.3) is 0 Å². The second-order valence-corrected chi connectivity index (χ2v) is 3.33. The number of pyridine rings is 1. The molecular formula is C10H9Cl2NO2. The van der Waals surface area contributed by atoms with Crippen molar-refractivity contribution in [2.24, 2.45) is 0 Å². The molecule has 0 fully saturated rings. The van der Waals surface area contributed by atoms with Gasteiger partial charge in [0.05, 0.1) is 11.6 Å². The molecule has 0 atom stereocenters. The van der Waals surface area contributed by atoms with Gasteiger partial charge in [-0.05, 0) is 24.6 Å². The van der Waals surface area contributed by atoms with Crippen LogP contribution in [-0.4, -0.2) is 17.6 Å². The highest BCUT2D eigenvalue weighted by molar-refractivity contribution is 6.42. The molecule has 0 aliphatic rings. The molecular weight excluding hydrogens is 237 g/mol. The molecule has 0 spiro atoms. The van der Waals surface area contributed by atoms with E-state index in [1.807, 2.05) is 0 Å². The van der Waals surface area contributed by atoms with Crippen LogP contribution < -0.4 is 0 Å². The minimum atomic E-state index is -0.415. The Hall–Kier alpha value is -1.06. The number of halogens is 2. The molecule has 0 saturated carbocycles. The van der Waals surface area contributed by atoms with Crippen molar-refractivity contribution >= 4 is 35.2 Å². The largest absolute Gasteiger partial charge is 0.463 e. The number of carbonyl (C=O) groups excluding carboxylic acids is 1. The summed E-state index contributed by atoms with van der Waals surface area (Å²) in [6, 6.07) is 1.66. The molecule has 1 aromatic heterocycles. The van der Waals surface area contributed by atoms with E-state index >= 15 is 0 Å². The Morgan fingerprint density at radius 1 is 1.60 bits per heavy atom. The van der Waals surface area contributed by atoms with Gasteiger partial charge in [0.2, 0.25) is 0 Å². The number of nitrogens with zero attached hydrogens (tertiary/aromatic N) is 1. The van der Waals surface area contributed by atoms with E-state index in [1.165, 1.54) is 18.3 Å². The molecule has 0 aromatic carbocycles. The lowest BCUT2D eigenvalue weighted by atomic mass is 10.2. The van der Waals surface area contributed by atoms with Gasteiger partial charge >= 0.3 is 5.97 Å². The van der Waals surface area contributed by atoms with Crippen LogP contribution in [0.15, 0.2) is 18.3 Å². The van der Waals surface area contributed by atoms with E-state index in [2.05, 4.69) is 4.98 Å².